The average molecular weight is 492 g/mol. The molecular weight excluding hydrogens is 462 g/mol. The molecule has 4 aromatic rings. The smallest absolute Gasteiger partial charge is 0.225 e. The van der Waals surface area contributed by atoms with Crippen molar-refractivity contribution in [1.29, 1.82) is 0 Å². The molecule has 0 spiro atoms. The lowest BCUT2D eigenvalue weighted by atomic mass is 10.0. The number of fused-ring (bicyclic) bond motifs is 1. The number of nitrogens with zero attached hydrogens (tertiary/aromatic N) is 5. The lowest BCUT2D eigenvalue weighted by molar-refractivity contribution is -0.135. The van der Waals surface area contributed by atoms with Crippen LogP contribution in [0.3, 0.4) is 0 Å². The van der Waals surface area contributed by atoms with Crippen molar-refractivity contribution in [3.63, 3.8) is 0 Å². The van der Waals surface area contributed by atoms with Gasteiger partial charge in [-0.25, -0.2) is 9.97 Å². The number of pyridine rings is 2. The van der Waals surface area contributed by atoms with E-state index in [1.165, 1.54) is 0 Å². The van der Waals surface area contributed by atoms with Crippen molar-refractivity contribution in [1.82, 2.24) is 24.4 Å². The van der Waals surface area contributed by atoms with Crippen LogP contribution in [0, 0.1) is 12.8 Å². The quantitative estimate of drug-likeness (QED) is 0.298. The third-order valence-corrected chi connectivity index (χ3v) is 6.60. The molecule has 0 N–H and O–H groups in total. The fraction of sp³-hybridized carbons (Fsp3) is 0.333. The summed E-state index contributed by atoms with van der Waals surface area (Å²) in [5.41, 5.74) is 4.30. The number of aryl methyl sites for hydroxylation is 1. The van der Waals surface area contributed by atoms with Crippen molar-refractivity contribution in [3.8, 4) is 11.4 Å². The van der Waals surface area contributed by atoms with Gasteiger partial charge in [0.15, 0.2) is 0 Å². The molecular formula is C27H30ClN5O2. The number of aromatic nitrogens is 4. The first-order chi connectivity index (χ1) is 16.9. The largest absolute Gasteiger partial charge is 0.487 e. The van der Waals surface area contributed by atoms with E-state index in [4.69, 9.17) is 21.3 Å². The van der Waals surface area contributed by atoms with Crippen molar-refractivity contribution in [2.45, 2.75) is 46.8 Å². The molecule has 1 aromatic carbocycles. The zero-order valence-corrected chi connectivity index (χ0v) is 21.3. The number of carbonyl (C=O) groups is 1. The predicted octanol–water partition coefficient (Wildman–Crippen LogP) is 5.75. The number of hydrogen-bond acceptors (Lipinski definition) is 5. The van der Waals surface area contributed by atoms with Crippen molar-refractivity contribution in [2.24, 2.45) is 5.92 Å². The van der Waals surface area contributed by atoms with Crippen LogP contribution in [0.15, 0.2) is 55.4 Å². The molecule has 1 amide bonds. The maximum absolute atomic E-state index is 12.8. The molecule has 35 heavy (non-hydrogen) atoms. The second-order valence-electron chi connectivity index (χ2n) is 8.66. The molecule has 3 aromatic heterocycles. The molecule has 0 bridgehead atoms. The molecule has 0 aliphatic carbocycles. The lowest BCUT2D eigenvalue weighted by Crippen LogP contribution is -2.32. The summed E-state index contributed by atoms with van der Waals surface area (Å²) in [6.45, 7) is 6.69. The Morgan fingerprint density at radius 1 is 1.20 bits per heavy atom. The number of hydrogen-bond donors (Lipinski definition) is 0. The number of benzene rings is 1. The minimum Gasteiger partial charge on any atom is -0.487 e. The summed E-state index contributed by atoms with van der Waals surface area (Å²) in [5, 5.41) is 1.47. The van der Waals surface area contributed by atoms with Gasteiger partial charge in [0.05, 0.1) is 17.0 Å². The Morgan fingerprint density at radius 2 is 2.00 bits per heavy atom. The van der Waals surface area contributed by atoms with Crippen LogP contribution in [0.5, 0.6) is 5.75 Å². The Kier molecular flexibility index (Phi) is 7.66. The van der Waals surface area contributed by atoms with Gasteiger partial charge in [-0.1, -0.05) is 37.6 Å². The number of amides is 1. The van der Waals surface area contributed by atoms with E-state index in [0.717, 1.165) is 46.3 Å². The molecule has 3 heterocycles. The summed E-state index contributed by atoms with van der Waals surface area (Å²) < 4.78 is 8.25. The second-order valence-corrected chi connectivity index (χ2v) is 9.07. The normalized spacial score (nSPS) is 11.3. The fourth-order valence-electron chi connectivity index (χ4n) is 4.29. The predicted molar refractivity (Wildman–Crippen MR) is 138 cm³/mol. The van der Waals surface area contributed by atoms with Gasteiger partial charge in [-0.3, -0.25) is 9.78 Å². The van der Waals surface area contributed by atoms with Gasteiger partial charge in [0, 0.05) is 60.9 Å². The number of para-hydroxylation sites is 1. The number of rotatable bonds is 9. The van der Waals surface area contributed by atoms with Crippen molar-refractivity contribution >= 4 is 28.4 Å². The van der Waals surface area contributed by atoms with Crippen LogP contribution in [0.25, 0.3) is 16.6 Å². The monoisotopic (exact) mass is 491 g/mol. The van der Waals surface area contributed by atoms with Crippen LogP contribution in [0.1, 0.15) is 43.5 Å². The van der Waals surface area contributed by atoms with Crippen LogP contribution in [0.2, 0.25) is 5.02 Å². The van der Waals surface area contributed by atoms with Gasteiger partial charge in [-0.2, -0.15) is 0 Å². The summed E-state index contributed by atoms with van der Waals surface area (Å²) in [4.78, 5) is 27.7. The van der Waals surface area contributed by atoms with E-state index in [-0.39, 0.29) is 18.4 Å². The van der Waals surface area contributed by atoms with Gasteiger partial charge >= 0.3 is 0 Å². The van der Waals surface area contributed by atoms with Gasteiger partial charge < -0.3 is 14.2 Å². The van der Waals surface area contributed by atoms with Crippen LogP contribution < -0.4 is 4.74 Å². The maximum Gasteiger partial charge on any atom is 0.225 e. The first-order valence-corrected chi connectivity index (χ1v) is 12.2. The first kappa shape index (κ1) is 24.7. The first-order valence-electron chi connectivity index (χ1n) is 11.8. The molecule has 0 fully saturated rings. The van der Waals surface area contributed by atoms with E-state index in [2.05, 4.69) is 9.97 Å². The molecule has 4 rings (SSSR count). The van der Waals surface area contributed by atoms with Crippen LogP contribution in [0.4, 0.5) is 0 Å². The molecule has 0 saturated heterocycles. The van der Waals surface area contributed by atoms with E-state index >= 15 is 0 Å². The van der Waals surface area contributed by atoms with Gasteiger partial charge in [-0.15, -0.1) is 0 Å². The summed E-state index contributed by atoms with van der Waals surface area (Å²) >= 11 is 6.54. The third-order valence-electron chi connectivity index (χ3n) is 6.28. The highest BCUT2D eigenvalue weighted by atomic mass is 35.5. The van der Waals surface area contributed by atoms with E-state index in [0.29, 0.717) is 17.3 Å². The van der Waals surface area contributed by atoms with E-state index in [1.807, 2.05) is 62.8 Å². The van der Waals surface area contributed by atoms with Crippen molar-refractivity contribution in [3.05, 3.63) is 77.2 Å². The minimum atomic E-state index is 0.0153. The zero-order valence-electron chi connectivity index (χ0n) is 20.5. The number of imidazole rings is 1. The van der Waals surface area contributed by atoms with E-state index < -0.39 is 0 Å². The fourth-order valence-corrected chi connectivity index (χ4v) is 4.53. The molecule has 8 heteroatoms. The van der Waals surface area contributed by atoms with Gasteiger partial charge in [0.1, 0.15) is 17.9 Å². The Balaban J connectivity index is 1.62. The highest BCUT2D eigenvalue weighted by molar-refractivity contribution is 6.31. The molecule has 0 aliphatic heterocycles. The van der Waals surface area contributed by atoms with Crippen molar-refractivity contribution < 1.29 is 9.53 Å². The highest BCUT2D eigenvalue weighted by Crippen LogP contribution is 2.31. The Labute approximate surface area is 210 Å². The summed E-state index contributed by atoms with van der Waals surface area (Å²) in [5.74, 6) is 0.803. The minimum absolute atomic E-state index is 0.0153. The third kappa shape index (κ3) is 5.30. The molecule has 0 saturated carbocycles. The molecule has 7 nitrogen and oxygen atoms in total. The highest BCUT2D eigenvalue weighted by Gasteiger charge is 2.21. The van der Waals surface area contributed by atoms with E-state index in [9.17, 15) is 4.79 Å². The van der Waals surface area contributed by atoms with Gasteiger partial charge in [-0.05, 0) is 37.5 Å². The summed E-state index contributed by atoms with van der Waals surface area (Å²) in [6, 6.07) is 7.90. The Morgan fingerprint density at radius 3 is 2.71 bits per heavy atom. The van der Waals surface area contributed by atoms with Crippen LogP contribution >= 0.6 is 11.6 Å². The molecule has 0 radical (unpaired) electrons. The Hall–Kier alpha value is -3.45. The molecule has 0 aliphatic rings. The maximum atomic E-state index is 12.8. The molecule has 0 unspecified atom stereocenters. The van der Waals surface area contributed by atoms with Gasteiger partial charge in [0.25, 0.3) is 0 Å². The standard InChI is InChI=1S/C27H30ClN5O2/c1-5-19(6-2)27(34)32(4)15-20-13-30-14-23(28)22(20)16-35-25-9-7-8-21-24(33-11-10-29-17-33)12-18(3)31-26(21)25/h7-14,17,19H,5-6,15-16H2,1-4H3. The zero-order chi connectivity index (χ0) is 24.9. The Bertz CT molecular complexity index is 1320. The number of carbonyl (C=O) groups excluding carboxylic acids is 1. The van der Waals surface area contributed by atoms with E-state index in [1.54, 1.807) is 29.8 Å². The average Bonchev–Trinajstić information content (AvgIpc) is 3.39. The lowest BCUT2D eigenvalue weighted by Gasteiger charge is -2.23. The number of ether oxygens (including phenoxy) is 1. The second kappa shape index (κ2) is 10.9. The molecule has 182 valence electrons. The van der Waals surface area contributed by atoms with Gasteiger partial charge in [0.2, 0.25) is 5.91 Å². The summed E-state index contributed by atoms with van der Waals surface area (Å²) in [7, 11) is 1.82. The van der Waals surface area contributed by atoms with Crippen molar-refractivity contribution in [2.75, 3.05) is 7.05 Å². The summed E-state index contributed by atoms with van der Waals surface area (Å²) in [6.07, 6.45) is 10.4. The number of halogens is 1. The SMILES string of the molecule is CCC(CC)C(=O)N(C)Cc1cncc(Cl)c1COc1cccc2c(-n3ccnc3)cc(C)nc12. The molecule has 0 atom stereocenters. The van der Waals surface area contributed by atoms with Crippen LogP contribution in [-0.2, 0) is 17.9 Å². The topological polar surface area (TPSA) is 73.1 Å². The van der Waals surface area contributed by atoms with Crippen LogP contribution in [-0.4, -0.2) is 37.4 Å².